The topological polar surface area (TPSA) is 116 Å². The first-order valence-electron chi connectivity index (χ1n) is 10.2. The van der Waals surface area contributed by atoms with Gasteiger partial charge in [0.25, 0.3) is 0 Å². The van der Waals surface area contributed by atoms with E-state index < -0.39 is 17.6 Å². The predicted octanol–water partition coefficient (Wildman–Crippen LogP) is 4.63. The van der Waals surface area contributed by atoms with Crippen LogP contribution in [0.25, 0.3) is 11.3 Å². The molecule has 0 unspecified atom stereocenters. The zero-order valence-electron chi connectivity index (χ0n) is 18.1. The molecule has 0 radical (unpaired) electrons. The molecule has 0 aliphatic carbocycles. The molecular formula is C23H21ClF2N4O4. The number of anilines is 2. The second kappa shape index (κ2) is 11.4. The molecule has 0 aliphatic rings. The summed E-state index contributed by atoms with van der Waals surface area (Å²) in [6.07, 6.45) is 1.92. The van der Waals surface area contributed by atoms with Gasteiger partial charge in [0.15, 0.2) is 17.4 Å². The summed E-state index contributed by atoms with van der Waals surface area (Å²) < 4.78 is 38.3. The van der Waals surface area contributed by atoms with Crippen LogP contribution in [0.2, 0.25) is 5.28 Å². The molecule has 1 aromatic heterocycles. The van der Waals surface area contributed by atoms with Crippen LogP contribution >= 0.6 is 11.6 Å². The fourth-order valence-corrected chi connectivity index (χ4v) is 3.18. The zero-order valence-corrected chi connectivity index (χ0v) is 18.9. The van der Waals surface area contributed by atoms with Gasteiger partial charge in [0.2, 0.25) is 11.2 Å². The number of hydrogen-bond donors (Lipinski definition) is 2. The van der Waals surface area contributed by atoms with Gasteiger partial charge in [0.05, 0.1) is 31.2 Å². The molecule has 11 heteroatoms. The SMILES string of the molecule is COC(=O)c1ccc(N)cc1NC(=O)CCCCOc1cc(-c2nc(Cl)ncc2F)ccc1F. The molecule has 0 saturated heterocycles. The summed E-state index contributed by atoms with van der Waals surface area (Å²) in [7, 11) is 1.24. The van der Waals surface area contributed by atoms with E-state index in [4.69, 9.17) is 26.8 Å². The van der Waals surface area contributed by atoms with E-state index in [-0.39, 0.29) is 52.5 Å². The highest BCUT2D eigenvalue weighted by Crippen LogP contribution is 2.28. The lowest BCUT2D eigenvalue weighted by Gasteiger charge is -2.11. The van der Waals surface area contributed by atoms with Crippen LogP contribution in [-0.2, 0) is 9.53 Å². The summed E-state index contributed by atoms with van der Waals surface area (Å²) in [5.74, 6) is -2.35. The molecule has 3 N–H and O–H groups in total. The number of benzene rings is 2. The third kappa shape index (κ3) is 6.38. The summed E-state index contributed by atoms with van der Waals surface area (Å²) in [5, 5.41) is 2.50. The number of halogens is 3. The Hall–Kier alpha value is -3.79. The number of ether oxygens (including phenoxy) is 2. The van der Waals surface area contributed by atoms with Gasteiger partial charge in [-0.1, -0.05) is 0 Å². The van der Waals surface area contributed by atoms with Gasteiger partial charge in [0.1, 0.15) is 5.69 Å². The van der Waals surface area contributed by atoms with Crippen molar-refractivity contribution in [2.75, 3.05) is 24.8 Å². The number of carbonyl (C=O) groups is 2. The second-order valence-corrected chi connectivity index (χ2v) is 7.47. The van der Waals surface area contributed by atoms with E-state index in [1.54, 1.807) is 0 Å². The lowest BCUT2D eigenvalue weighted by atomic mass is 10.1. The summed E-state index contributed by atoms with van der Waals surface area (Å²) >= 11 is 5.72. The van der Waals surface area contributed by atoms with Crippen molar-refractivity contribution in [2.24, 2.45) is 0 Å². The molecule has 0 atom stereocenters. The zero-order chi connectivity index (χ0) is 24.7. The first-order valence-corrected chi connectivity index (χ1v) is 10.5. The Morgan fingerprint density at radius 3 is 2.68 bits per heavy atom. The highest BCUT2D eigenvalue weighted by molar-refractivity contribution is 6.28. The van der Waals surface area contributed by atoms with E-state index in [0.717, 1.165) is 12.3 Å². The van der Waals surface area contributed by atoms with Crippen LogP contribution in [0.5, 0.6) is 5.75 Å². The molecule has 1 heterocycles. The summed E-state index contributed by atoms with van der Waals surface area (Å²) in [5.41, 5.74) is 6.75. The van der Waals surface area contributed by atoms with E-state index >= 15 is 0 Å². The molecule has 1 amide bonds. The summed E-state index contributed by atoms with van der Waals surface area (Å²) in [6.45, 7) is 0.117. The molecule has 0 saturated carbocycles. The van der Waals surface area contributed by atoms with E-state index in [1.165, 1.54) is 37.4 Å². The number of rotatable bonds is 9. The number of carbonyl (C=O) groups excluding carboxylic acids is 2. The molecular weight excluding hydrogens is 470 g/mol. The fraction of sp³-hybridized carbons (Fsp3) is 0.217. The molecule has 0 fully saturated rings. The fourth-order valence-electron chi connectivity index (χ4n) is 3.05. The van der Waals surface area contributed by atoms with Crippen LogP contribution in [0.4, 0.5) is 20.2 Å². The molecule has 2 aromatic carbocycles. The maximum absolute atomic E-state index is 14.1. The number of amides is 1. The Labute approximate surface area is 199 Å². The van der Waals surface area contributed by atoms with Crippen molar-refractivity contribution in [1.29, 1.82) is 0 Å². The van der Waals surface area contributed by atoms with Crippen molar-refractivity contribution in [3.05, 3.63) is 65.1 Å². The van der Waals surface area contributed by atoms with Crippen LogP contribution in [0.15, 0.2) is 42.6 Å². The largest absolute Gasteiger partial charge is 0.490 e. The highest BCUT2D eigenvalue weighted by Gasteiger charge is 2.15. The molecule has 0 aliphatic heterocycles. The van der Waals surface area contributed by atoms with Gasteiger partial charge >= 0.3 is 5.97 Å². The van der Waals surface area contributed by atoms with Gasteiger partial charge in [-0.05, 0) is 60.8 Å². The lowest BCUT2D eigenvalue weighted by Crippen LogP contribution is -2.15. The van der Waals surface area contributed by atoms with Crippen molar-refractivity contribution in [3.8, 4) is 17.0 Å². The standard InChI is InChI=1S/C23H21ClF2N4O4/c1-33-22(32)15-7-6-14(27)11-18(15)29-20(31)4-2-3-9-34-19-10-13(5-8-16(19)25)21-17(26)12-28-23(24)30-21/h5-8,10-12H,2-4,9,27H2,1H3,(H,29,31). The molecule has 8 nitrogen and oxygen atoms in total. The minimum absolute atomic E-state index is 0.0746. The Morgan fingerprint density at radius 2 is 1.91 bits per heavy atom. The smallest absolute Gasteiger partial charge is 0.339 e. The molecule has 0 bridgehead atoms. The Balaban J connectivity index is 1.53. The minimum atomic E-state index is -0.705. The Morgan fingerprint density at radius 1 is 1.12 bits per heavy atom. The summed E-state index contributed by atoms with van der Waals surface area (Å²) in [4.78, 5) is 31.5. The van der Waals surface area contributed by atoms with Crippen LogP contribution in [0, 0.1) is 11.6 Å². The molecule has 0 spiro atoms. The third-order valence-electron chi connectivity index (χ3n) is 4.70. The van der Waals surface area contributed by atoms with Gasteiger partial charge in [-0.3, -0.25) is 4.79 Å². The van der Waals surface area contributed by atoms with E-state index in [0.29, 0.717) is 18.5 Å². The number of aromatic nitrogens is 2. The average Bonchev–Trinajstić information content (AvgIpc) is 2.81. The molecule has 3 aromatic rings. The van der Waals surface area contributed by atoms with Crippen molar-refractivity contribution >= 4 is 34.9 Å². The van der Waals surface area contributed by atoms with Crippen molar-refractivity contribution < 1.29 is 27.8 Å². The van der Waals surface area contributed by atoms with Gasteiger partial charge in [-0.25, -0.2) is 23.5 Å². The van der Waals surface area contributed by atoms with Crippen molar-refractivity contribution in [1.82, 2.24) is 9.97 Å². The number of nitrogens with two attached hydrogens (primary N) is 1. The monoisotopic (exact) mass is 490 g/mol. The van der Waals surface area contributed by atoms with Crippen LogP contribution in [-0.4, -0.2) is 35.6 Å². The van der Waals surface area contributed by atoms with E-state index in [2.05, 4.69) is 15.3 Å². The number of methoxy groups -OCH3 is 1. The van der Waals surface area contributed by atoms with Crippen LogP contribution in [0.3, 0.4) is 0 Å². The number of unbranched alkanes of at least 4 members (excludes halogenated alkanes) is 1. The number of nitrogens with one attached hydrogen (secondary N) is 1. The quantitative estimate of drug-likeness (QED) is 0.194. The summed E-state index contributed by atoms with van der Waals surface area (Å²) in [6, 6.07) is 8.27. The number of nitrogens with zero attached hydrogens (tertiary/aromatic N) is 2. The Bertz CT molecular complexity index is 1210. The minimum Gasteiger partial charge on any atom is -0.490 e. The lowest BCUT2D eigenvalue weighted by molar-refractivity contribution is -0.116. The Kier molecular flexibility index (Phi) is 8.31. The van der Waals surface area contributed by atoms with E-state index in [1.807, 2.05) is 0 Å². The molecule has 3 rings (SSSR count). The first kappa shape index (κ1) is 24.8. The molecule has 34 heavy (non-hydrogen) atoms. The van der Waals surface area contributed by atoms with Gasteiger partial charge in [-0.2, -0.15) is 0 Å². The second-order valence-electron chi connectivity index (χ2n) is 7.13. The third-order valence-corrected chi connectivity index (χ3v) is 4.88. The maximum atomic E-state index is 14.1. The first-order chi connectivity index (χ1) is 16.3. The van der Waals surface area contributed by atoms with Gasteiger partial charge in [-0.15, -0.1) is 0 Å². The maximum Gasteiger partial charge on any atom is 0.339 e. The van der Waals surface area contributed by atoms with Crippen molar-refractivity contribution in [3.63, 3.8) is 0 Å². The normalized spacial score (nSPS) is 10.6. The van der Waals surface area contributed by atoms with Gasteiger partial charge < -0.3 is 20.5 Å². The highest BCUT2D eigenvalue weighted by atomic mass is 35.5. The average molecular weight is 491 g/mol. The van der Waals surface area contributed by atoms with Gasteiger partial charge in [0, 0.05) is 17.7 Å². The van der Waals surface area contributed by atoms with Crippen LogP contribution < -0.4 is 15.8 Å². The number of hydrogen-bond acceptors (Lipinski definition) is 7. The van der Waals surface area contributed by atoms with Crippen LogP contribution in [0.1, 0.15) is 29.6 Å². The predicted molar refractivity (Wildman–Crippen MR) is 123 cm³/mol. The number of nitrogen functional groups attached to an aromatic ring is 1. The molecule has 178 valence electrons. The van der Waals surface area contributed by atoms with Crippen molar-refractivity contribution in [2.45, 2.75) is 19.3 Å². The number of esters is 1. The van der Waals surface area contributed by atoms with E-state index in [9.17, 15) is 18.4 Å².